The smallest absolute Gasteiger partial charge is 0.322 e. The van der Waals surface area contributed by atoms with Gasteiger partial charge in [0.15, 0.2) is 0 Å². The second-order valence-electron chi connectivity index (χ2n) is 5.49. The molecule has 0 spiro atoms. The van der Waals surface area contributed by atoms with Crippen molar-refractivity contribution in [2.75, 3.05) is 5.32 Å². The van der Waals surface area contributed by atoms with Gasteiger partial charge in [-0.25, -0.2) is 0 Å². The van der Waals surface area contributed by atoms with Crippen molar-refractivity contribution in [3.05, 3.63) is 77.7 Å². The highest BCUT2D eigenvalue weighted by Crippen LogP contribution is 2.26. The summed E-state index contributed by atoms with van der Waals surface area (Å²) >= 11 is 0. The molecule has 1 N–H and O–H groups in total. The van der Waals surface area contributed by atoms with Crippen LogP contribution in [0.1, 0.15) is 36.3 Å². The fourth-order valence-corrected chi connectivity index (χ4v) is 2.58. The standard InChI is InChI=1S/C19H19N3O2/c1-2-9-16-21-22-19(24-16)20-18(23)17(14-10-5-3-6-11-14)15-12-7-4-8-13-15/h3-8,10-13,17H,2,9H2,1H3,(H,20,22,23). The highest BCUT2D eigenvalue weighted by Gasteiger charge is 2.24. The second kappa shape index (κ2) is 7.55. The summed E-state index contributed by atoms with van der Waals surface area (Å²) in [6.45, 7) is 2.03. The van der Waals surface area contributed by atoms with Crippen LogP contribution in [0.4, 0.5) is 6.01 Å². The van der Waals surface area contributed by atoms with Gasteiger partial charge in [0.2, 0.25) is 11.8 Å². The average molecular weight is 321 g/mol. The van der Waals surface area contributed by atoms with Gasteiger partial charge >= 0.3 is 6.01 Å². The Balaban J connectivity index is 1.86. The summed E-state index contributed by atoms with van der Waals surface area (Å²) in [6.07, 6.45) is 1.61. The first-order valence-electron chi connectivity index (χ1n) is 8.01. The first kappa shape index (κ1) is 15.9. The molecule has 0 saturated heterocycles. The molecule has 2 aromatic carbocycles. The van der Waals surface area contributed by atoms with E-state index < -0.39 is 5.92 Å². The van der Waals surface area contributed by atoms with Gasteiger partial charge in [-0.05, 0) is 17.5 Å². The van der Waals surface area contributed by atoms with Gasteiger partial charge in [-0.1, -0.05) is 72.7 Å². The summed E-state index contributed by atoms with van der Waals surface area (Å²) in [5.74, 6) is -0.100. The van der Waals surface area contributed by atoms with Gasteiger partial charge in [-0.15, -0.1) is 5.10 Å². The number of nitrogens with one attached hydrogen (secondary N) is 1. The van der Waals surface area contributed by atoms with E-state index in [1.54, 1.807) is 0 Å². The average Bonchev–Trinajstić information content (AvgIpc) is 3.04. The molecule has 3 aromatic rings. The molecule has 1 aromatic heterocycles. The molecule has 122 valence electrons. The number of aromatic nitrogens is 2. The highest BCUT2D eigenvalue weighted by molar-refractivity contribution is 5.96. The van der Waals surface area contributed by atoms with Gasteiger partial charge in [-0.2, -0.15) is 0 Å². The van der Waals surface area contributed by atoms with Gasteiger partial charge in [0, 0.05) is 6.42 Å². The van der Waals surface area contributed by atoms with E-state index in [-0.39, 0.29) is 11.9 Å². The maximum Gasteiger partial charge on any atom is 0.322 e. The topological polar surface area (TPSA) is 68.0 Å². The van der Waals surface area contributed by atoms with Crippen molar-refractivity contribution in [2.45, 2.75) is 25.7 Å². The lowest BCUT2D eigenvalue weighted by atomic mass is 9.90. The summed E-state index contributed by atoms with van der Waals surface area (Å²) in [7, 11) is 0. The van der Waals surface area contributed by atoms with E-state index in [1.165, 1.54) is 0 Å². The number of carbonyl (C=O) groups excluding carboxylic acids is 1. The van der Waals surface area contributed by atoms with Crippen LogP contribution in [0.15, 0.2) is 65.1 Å². The predicted octanol–water partition coefficient (Wildman–Crippen LogP) is 3.79. The van der Waals surface area contributed by atoms with Crippen molar-refractivity contribution in [1.82, 2.24) is 10.2 Å². The molecule has 24 heavy (non-hydrogen) atoms. The number of benzene rings is 2. The van der Waals surface area contributed by atoms with Crippen LogP contribution < -0.4 is 5.32 Å². The predicted molar refractivity (Wildman–Crippen MR) is 91.6 cm³/mol. The molecule has 0 aliphatic carbocycles. The molecule has 0 radical (unpaired) electrons. The molecule has 5 heteroatoms. The fourth-order valence-electron chi connectivity index (χ4n) is 2.58. The van der Waals surface area contributed by atoms with E-state index in [1.807, 2.05) is 67.6 Å². The van der Waals surface area contributed by atoms with Crippen LogP contribution in [0.5, 0.6) is 0 Å². The Morgan fingerprint density at radius 1 is 1.00 bits per heavy atom. The molecule has 0 atom stereocenters. The summed E-state index contributed by atoms with van der Waals surface area (Å²) in [5.41, 5.74) is 1.82. The maximum atomic E-state index is 12.8. The van der Waals surface area contributed by atoms with Crippen LogP contribution in [0.3, 0.4) is 0 Å². The zero-order valence-electron chi connectivity index (χ0n) is 13.5. The number of amides is 1. The summed E-state index contributed by atoms with van der Waals surface area (Å²) in [5, 5.41) is 10.6. The quantitative estimate of drug-likeness (QED) is 0.750. The summed E-state index contributed by atoms with van der Waals surface area (Å²) in [6, 6.07) is 19.4. The van der Waals surface area contributed by atoms with E-state index in [2.05, 4.69) is 15.5 Å². The number of nitrogens with zero attached hydrogens (tertiary/aromatic N) is 2. The molecule has 0 aliphatic heterocycles. The van der Waals surface area contributed by atoms with E-state index in [0.717, 1.165) is 17.5 Å². The van der Waals surface area contributed by atoms with Crippen LogP contribution in [0, 0.1) is 0 Å². The zero-order valence-corrected chi connectivity index (χ0v) is 13.5. The van der Waals surface area contributed by atoms with Crippen molar-refractivity contribution >= 4 is 11.9 Å². The Morgan fingerprint density at radius 3 is 2.12 bits per heavy atom. The fraction of sp³-hybridized carbons (Fsp3) is 0.211. The van der Waals surface area contributed by atoms with E-state index in [0.29, 0.717) is 12.3 Å². The molecule has 3 rings (SSSR count). The van der Waals surface area contributed by atoms with Gasteiger partial charge in [0.05, 0.1) is 5.92 Å². The second-order valence-corrected chi connectivity index (χ2v) is 5.49. The van der Waals surface area contributed by atoms with Crippen molar-refractivity contribution in [3.63, 3.8) is 0 Å². The van der Waals surface area contributed by atoms with Crippen molar-refractivity contribution < 1.29 is 9.21 Å². The number of hydrogen-bond donors (Lipinski definition) is 1. The van der Waals surface area contributed by atoms with Gasteiger partial charge in [-0.3, -0.25) is 10.1 Å². The molecular formula is C19H19N3O2. The van der Waals surface area contributed by atoms with E-state index in [9.17, 15) is 4.79 Å². The normalized spacial score (nSPS) is 10.8. The van der Waals surface area contributed by atoms with Gasteiger partial charge < -0.3 is 4.42 Å². The Kier molecular flexibility index (Phi) is 5.01. The Labute approximate surface area is 140 Å². The van der Waals surface area contributed by atoms with Gasteiger partial charge in [0.25, 0.3) is 0 Å². The minimum Gasteiger partial charge on any atom is -0.408 e. The molecule has 0 unspecified atom stereocenters. The van der Waals surface area contributed by atoms with Crippen LogP contribution >= 0.6 is 0 Å². The summed E-state index contributed by atoms with van der Waals surface area (Å²) in [4.78, 5) is 12.8. The molecule has 0 aliphatic rings. The lowest BCUT2D eigenvalue weighted by Gasteiger charge is -2.16. The van der Waals surface area contributed by atoms with Gasteiger partial charge in [0.1, 0.15) is 0 Å². The zero-order chi connectivity index (χ0) is 16.8. The van der Waals surface area contributed by atoms with E-state index in [4.69, 9.17) is 4.42 Å². The lowest BCUT2D eigenvalue weighted by molar-refractivity contribution is -0.116. The lowest BCUT2D eigenvalue weighted by Crippen LogP contribution is -2.22. The molecule has 5 nitrogen and oxygen atoms in total. The Bertz CT molecular complexity index is 745. The molecule has 1 amide bonds. The Hall–Kier alpha value is -2.95. The number of hydrogen-bond acceptors (Lipinski definition) is 4. The largest absolute Gasteiger partial charge is 0.408 e. The van der Waals surface area contributed by atoms with Crippen molar-refractivity contribution in [1.29, 1.82) is 0 Å². The summed E-state index contributed by atoms with van der Waals surface area (Å²) < 4.78 is 5.46. The third kappa shape index (κ3) is 3.68. The third-order valence-electron chi connectivity index (χ3n) is 3.69. The third-order valence-corrected chi connectivity index (χ3v) is 3.69. The van der Waals surface area contributed by atoms with Crippen LogP contribution in [0.2, 0.25) is 0 Å². The monoisotopic (exact) mass is 321 g/mol. The maximum absolute atomic E-state index is 12.8. The SMILES string of the molecule is CCCc1nnc(NC(=O)C(c2ccccc2)c2ccccc2)o1. The number of anilines is 1. The van der Waals surface area contributed by atoms with Crippen LogP contribution in [-0.2, 0) is 11.2 Å². The van der Waals surface area contributed by atoms with Crippen molar-refractivity contribution in [3.8, 4) is 0 Å². The van der Waals surface area contributed by atoms with Crippen LogP contribution in [0.25, 0.3) is 0 Å². The van der Waals surface area contributed by atoms with Crippen molar-refractivity contribution in [2.24, 2.45) is 0 Å². The first-order chi connectivity index (χ1) is 11.8. The minimum absolute atomic E-state index is 0.139. The number of aryl methyl sites for hydroxylation is 1. The number of carbonyl (C=O) groups is 1. The highest BCUT2D eigenvalue weighted by atomic mass is 16.4. The Morgan fingerprint density at radius 2 is 1.58 bits per heavy atom. The number of rotatable bonds is 6. The molecule has 1 heterocycles. The molecule has 0 bridgehead atoms. The molecular weight excluding hydrogens is 302 g/mol. The first-order valence-corrected chi connectivity index (χ1v) is 8.01. The molecule has 0 saturated carbocycles. The van der Waals surface area contributed by atoms with E-state index >= 15 is 0 Å². The van der Waals surface area contributed by atoms with Crippen LogP contribution in [-0.4, -0.2) is 16.1 Å². The minimum atomic E-state index is -0.436. The molecule has 0 fully saturated rings.